The minimum atomic E-state index is -2.97. The molecule has 0 spiro atoms. The summed E-state index contributed by atoms with van der Waals surface area (Å²) in [5, 5.41) is 0. The summed E-state index contributed by atoms with van der Waals surface area (Å²) < 4.78 is 23.3. The van der Waals surface area contributed by atoms with Gasteiger partial charge in [-0.1, -0.05) is 23.2 Å². The molecule has 0 N–H and O–H groups in total. The lowest BCUT2D eigenvalue weighted by Gasteiger charge is -1.89. The maximum atomic E-state index is 11.1. The molecule has 12 heavy (non-hydrogen) atoms. The van der Waals surface area contributed by atoms with Gasteiger partial charge in [0.1, 0.15) is 0 Å². The summed E-state index contributed by atoms with van der Waals surface area (Å²) in [5.74, 6) is 0.0920. The van der Waals surface area contributed by atoms with Gasteiger partial charge in [-0.2, -0.15) is 0 Å². The van der Waals surface area contributed by atoms with Gasteiger partial charge in [-0.25, -0.2) is 8.42 Å². The van der Waals surface area contributed by atoms with Crippen LogP contribution < -0.4 is 0 Å². The lowest BCUT2D eigenvalue weighted by molar-refractivity contribution is 0.598. The van der Waals surface area contributed by atoms with E-state index in [0.717, 1.165) is 0 Å². The van der Waals surface area contributed by atoms with Gasteiger partial charge in [-0.15, -0.1) is 11.3 Å². The molecular formula is C6H4Cl2O2S2. The molecule has 1 aliphatic heterocycles. The normalized spacial score (nSPS) is 19.5. The van der Waals surface area contributed by atoms with Crippen molar-refractivity contribution in [1.82, 2.24) is 0 Å². The molecule has 2 heterocycles. The van der Waals surface area contributed by atoms with Gasteiger partial charge in [0.25, 0.3) is 0 Å². The fraction of sp³-hybridized carbons (Fsp3) is 0.333. The van der Waals surface area contributed by atoms with Crippen LogP contribution in [0.25, 0.3) is 0 Å². The van der Waals surface area contributed by atoms with Crippen LogP contribution in [0.1, 0.15) is 11.1 Å². The van der Waals surface area contributed by atoms with E-state index >= 15 is 0 Å². The molecule has 2 nitrogen and oxygen atoms in total. The molecule has 0 aromatic carbocycles. The van der Waals surface area contributed by atoms with E-state index in [9.17, 15) is 8.42 Å². The van der Waals surface area contributed by atoms with Gasteiger partial charge < -0.3 is 0 Å². The zero-order chi connectivity index (χ0) is 8.93. The Labute approximate surface area is 84.0 Å². The number of sulfone groups is 1. The molecule has 1 aliphatic rings. The van der Waals surface area contributed by atoms with Crippen molar-refractivity contribution in [2.24, 2.45) is 0 Å². The minimum absolute atomic E-state index is 0.0460. The summed E-state index contributed by atoms with van der Waals surface area (Å²) in [6.07, 6.45) is 0. The first-order chi connectivity index (χ1) is 5.49. The second-order valence-electron chi connectivity index (χ2n) is 2.64. The molecule has 0 saturated carbocycles. The largest absolute Gasteiger partial charge is 0.228 e. The lowest BCUT2D eigenvalue weighted by Crippen LogP contribution is -1.96. The van der Waals surface area contributed by atoms with Gasteiger partial charge in [-0.05, 0) is 0 Å². The summed E-state index contributed by atoms with van der Waals surface area (Å²) in [5.41, 5.74) is 1.40. The van der Waals surface area contributed by atoms with Crippen LogP contribution in [-0.2, 0) is 21.3 Å². The molecule has 0 atom stereocenters. The number of hydrogen-bond acceptors (Lipinski definition) is 3. The third-order valence-corrected chi connectivity index (χ3v) is 4.97. The maximum absolute atomic E-state index is 11.1. The molecule has 2 rings (SSSR count). The Morgan fingerprint density at radius 3 is 1.92 bits per heavy atom. The fourth-order valence-electron chi connectivity index (χ4n) is 1.22. The standard InChI is InChI=1S/C6H4Cl2O2S2/c7-5-3-1-12(9,10)2-4(3)6(8)11-5/h1-2H2. The highest BCUT2D eigenvalue weighted by molar-refractivity contribution is 7.90. The van der Waals surface area contributed by atoms with Gasteiger partial charge in [0.05, 0.1) is 20.2 Å². The topological polar surface area (TPSA) is 34.1 Å². The third kappa shape index (κ3) is 1.27. The number of fused-ring (bicyclic) bond motifs is 1. The SMILES string of the molecule is O=S1(=O)Cc2c(Cl)sc(Cl)c2C1. The molecule has 0 radical (unpaired) electrons. The minimum Gasteiger partial charge on any atom is -0.228 e. The first-order valence-corrected chi connectivity index (χ1v) is 6.55. The smallest absolute Gasteiger partial charge is 0.158 e. The Balaban J connectivity index is 2.64. The van der Waals surface area contributed by atoms with Crippen LogP contribution in [0, 0.1) is 0 Å². The molecule has 0 bridgehead atoms. The van der Waals surface area contributed by atoms with Crippen LogP contribution in [0.5, 0.6) is 0 Å². The number of halogens is 2. The van der Waals surface area contributed by atoms with Crippen molar-refractivity contribution in [3.05, 3.63) is 19.8 Å². The maximum Gasteiger partial charge on any atom is 0.158 e. The summed E-state index contributed by atoms with van der Waals surface area (Å²) in [4.78, 5) is 0. The van der Waals surface area contributed by atoms with Crippen LogP contribution in [-0.4, -0.2) is 8.42 Å². The van der Waals surface area contributed by atoms with Crippen molar-refractivity contribution in [3.63, 3.8) is 0 Å². The highest BCUT2D eigenvalue weighted by atomic mass is 35.5. The molecule has 0 fully saturated rings. The Kier molecular flexibility index (Phi) is 1.91. The zero-order valence-electron chi connectivity index (χ0n) is 5.80. The first kappa shape index (κ1) is 8.81. The van der Waals surface area contributed by atoms with E-state index in [1.807, 2.05) is 0 Å². The van der Waals surface area contributed by atoms with Gasteiger partial charge in [0.15, 0.2) is 9.84 Å². The summed E-state index contributed by atoms with van der Waals surface area (Å²) in [6.45, 7) is 0. The van der Waals surface area contributed by atoms with E-state index in [1.54, 1.807) is 0 Å². The molecule has 6 heteroatoms. The Morgan fingerprint density at radius 2 is 1.50 bits per heavy atom. The van der Waals surface area contributed by atoms with E-state index in [1.165, 1.54) is 11.3 Å². The van der Waals surface area contributed by atoms with Crippen molar-refractivity contribution >= 4 is 44.4 Å². The molecule has 0 amide bonds. The van der Waals surface area contributed by atoms with Crippen molar-refractivity contribution in [2.75, 3.05) is 0 Å². The summed E-state index contributed by atoms with van der Waals surface area (Å²) in [7, 11) is -2.97. The van der Waals surface area contributed by atoms with Gasteiger partial charge in [-0.3, -0.25) is 0 Å². The average Bonchev–Trinajstić information content (AvgIpc) is 2.34. The lowest BCUT2D eigenvalue weighted by atomic mass is 10.2. The van der Waals surface area contributed by atoms with Crippen molar-refractivity contribution in [2.45, 2.75) is 11.5 Å². The van der Waals surface area contributed by atoms with E-state index in [2.05, 4.69) is 0 Å². The monoisotopic (exact) mass is 242 g/mol. The molecule has 1 aromatic rings. The van der Waals surface area contributed by atoms with Crippen molar-refractivity contribution in [1.29, 1.82) is 0 Å². The molecule has 0 aliphatic carbocycles. The first-order valence-electron chi connectivity index (χ1n) is 3.15. The van der Waals surface area contributed by atoms with Crippen LogP contribution in [0.2, 0.25) is 8.67 Å². The quantitative estimate of drug-likeness (QED) is 0.701. The highest BCUT2D eigenvalue weighted by Gasteiger charge is 2.30. The summed E-state index contributed by atoms with van der Waals surface area (Å²) in [6, 6.07) is 0. The Morgan fingerprint density at radius 1 is 1.08 bits per heavy atom. The number of hydrogen-bond donors (Lipinski definition) is 0. The van der Waals surface area contributed by atoms with Crippen LogP contribution >= 0.6 is 34.5 Å². The fourth-order valence-corrected chi connectivity index (χ4v) is 4.92. The second kappa shape index (κ2) is 2.61. The number of thiophene rings is 1. The Bertz CT molecular complexity index is 400. The van der Waals surface area contributed by atoms with Gasteiger partial charge >= 0.3 is 0 Å². The van der Waals surface area contributed by atoms with E-state index < -0.39 is 9.84 Å². The van der Waals surface area contributed by atoms with Crippen LogP contribution in [0.4, 0.5) is 0 Å². The van der Waals surface area contributed by atoms with Crippen LogP contribution in [0.15, 0.2) is 0 Å². The van der Waals surface area contributed by atoms with E-state index in [0.29, 0.717) is 19.8 Å². The summed E-state index contributed by atoms with van der Waals surface area (Å²) >= 11 is 12.8. The Hall–Kier alpha value is 0.230. The predicted molar refractivity (Wildman–Crippen MR) is 50.7 cm³/mol. The van der Waals surface area contributed by atoms with Crippen molar-refractivity contribution < 1.29 is 8.42 Å². The van der Waals surface area contributed by atoms with Crippen LogP contribution in [0.3, 0.4) is 0 Å². The highest BCUT2D eigenvalue weighted by Crippen LogP contribution is 2.42. The zero-order valence-corrected chi connectivity index (χ0v) is 8.95. The van der Waals surface area contributed by atoms with Gasteiger partial charge in [0.2, 0.25) is 0 Å². The third-order valence-electron chi connectivity index (χ3n) is 1.75. The van der Waals surface area contributed by atoms with Crippen molar-refractivity contribution in [3.8, 4) is 0 Å². The average molecular weight is 243 g/mol. The van der Waals surface area contributed by atoms with E-state index in [4.69, 9.17) is 23.2 Å². The second-order valence-corrected chi connectivity index (χ2v) is 6.93. The predicted octanol–water partition coefficient (Wildman–Crippen LogP) is 2.48. The molecule has 1 aromatic heterocycles. The molecule has 66 valence electrons. The molecule has 0 unspecified atom stereocenters. The molecule has 0 saturated heterocycles. The molecular weight excluding hydrogens is 239 g/mol. The number of rotatable bonds is 0. The van der Waals surface area contributed by atoms with E-state index in [-0.39, 0.29) is 11.5 Å². The van der Waals surface area contributed by atoms with Gasteiger partial charge in [0, 0.05) is 11.1 Å².